The van der Waals surface area contributed by atoms with Gasteiger partial charge in [-0.3, -0.25) is 14.5 Å². The molecule has 0 aromatic heterocycles. The van der Waals surface area contributed by atoms with E-state index in [9.17, 15) is 9.59 Å². The number of unbranched alkanes of at least 4 members (excludes halogenated alkanes) is 1. The molecular weight excluding hydrogens is 368 g/mol. The van der Waals surface area contributed by atoms with E-state index in [4.69, 9.17) is 0 Å². The number of rotatable bonds is 7. The average molecular weight is 397 g/mol. The molecule has 2 aromatic carbocycles. The Balaban J connectivity index is 1.74. The van der Waals surface area contributed by atoms with Gasteiger partial charge in [-0.2, -0.15) is 0 Å². The number of thioether (sulfide) groups is 1. The molecule has 0 radical (unpaired) electrons. The van der Waals surface area contributed by atoms with Gasteiger partial charge in [0.2, 0.25) is 11.8 Å². The quantitative estimate of drug-likeness (QED) is 0.651. The Labute approximate surface area is 171 Å². The van der Waals surface area contributed by atoms with E-state index in [2.05, 4.69) is 38.2 Å². The summed E-state index contributed by atoms with van der Waals surface area (Å²) in [6.07, 6.45) is 2.45. The van der Waals surface area contributed by atoms with Crippen molar-refractivity contribution in [1.29, 1.82) is 0 Å². The van der Waals surface area contributed by atoms with Crippen molar-refractivity contribution in [2.45, 2.75) is 51.3 Å². The lowest BCUT2D eigenvalue weighted by Gasteiger charge is -2.25. The molecule has 1 unspecified atom stereocenters. The van der Waals surface area contributed by atoms with Crippen molar-refractivity contribution in [3.05, 3.63) is 59.7 Å². The minimum atomic E-state index is -0.0396. The van der Waals surface area contributed by atoms with E-state index < -0.39 is 0 Å². The molecule has 0 bridgehead atoms. The molecule has 1 atom stereocenters. The molecule has 3 rings (SSSR count). The minimum Gasteiger partial charge on any atom is -0.326 e. The summed E-state index contributed by atoms with van der Waals surface area (Å²) < 4.78 is 0. The van der Waals surface area contributed by atoms with Crippen LogP contribution in [-0.4, -0.2) is 17.6 Å². The second-order valence-electron chi connectivity index (χ2n) is 7.45. The molecule has 1 aliphatic rings. The zero-order valence-corrected chi connectivity index (χ0v) is 17.6. The molecule has 1 N–H and O–H groups in total. The largest absolute Gasteiger partial charge is 0.326 e. The second-order valence-corrected chi connectivity index (χ2v) is 8.52. The van der Waals surface area contributed by atoms with Gasteiger partial charge in [0.05, 0.1) is 5.75 Å². The van der Waals surface area contributed by atoms with Crippen LogP contribution in [0.3, 0.4) is 0 Å². The third-order valence-electron chi connectivity index (χ3n) is 4.94. The maximum Gasteiger partial charge on any atom is 0.238 e. The van der Waals surface area contributed by atoms with Crippen LogP contribution < -0.4 is 10.2 Å². The lowest BCUT2D eigenvalue weighted by molar-refractivity contribution is -0.116. The molecule has 1 heterocycles. The fraction of sp³-hybridized carbons (Fsp3) is 0.391. The van der Waals surface area contributed by atoms with Crippen molar-refractivity contribution in [3.8, 4) is 0 Å². The molecule has 1 aliphatic heterocycles. The van der Waals surface area contributed by atoms with Gasteiger partial charge in [-0.05, 0) is 47.7 Å². The third kappa shape index (κ3) is 4.76. The smallest absolute Gasteiger partial charge is 0.238 e. The minimum absolute atomic E-state index is 0.0396. The number of carbonyl (C=O) groups is 2. The summed E-state index contributed by atoms with van der Waals surface area (Å²) in [6.45, 7) is 6.40. The van der Waals surface area contributed by atoms with Gasteiger partial charge in [0.15, 0.2) is 0 Å². The highest BCUT2D eigenvalue weighted by atomic mass is 32.2. The van der Waals surface area contributed by atoms with Gasteiger partial charge in [-0.15, -0.1) is 11.8 Å². The molecule has 0 aliphatic carbocycles. The van der Waals surface area contributed by atoms with Crippen molar-refractivity contribution in [3.63, 3.8) is 0 Å². The monoisotopic (exact) mass is 396 g/mol. The molecule has 1 saturated heterocycles. The predicted molar refractivity (Wildman–Crippen MR) is 118 cm³/mol. The van der Waals surface area contributed by atoms with E-state index in [1.807, 2.05) is 41.3 Å². The average Bonchev–Trinajstić information content (AvgIpc) is 3.08. The van der Waals surface area contributed by atoms with E-state index in [1.54, 1.807) is 11.8 Å². The first-order valence-corrected chi connectivity index (χ1v) is 11.0. The first kappa shape index (κ1) is 20.5. The van der Waals surface area contributed by atoms with E-state index in [1.165, 1.54) is 5.56 Å². The maximum absolute atomic E-state index is 12.5. The standard InChI is InChI=1S/C23H28N2O2S/c1-4-5-6-21(26)24-19-11-7-18(8-12-19)23-25(22(27)15-28-23)20-13-9-17(10-14-20)16(2)3/h7-14,16,23H,4-6,15H2,1-3H3,(H,24,26). The highest BCUT2D eigenvalue weighted by Crippen LogP contribution is 2.42. The Morgan fingerprint density at radius 2 is 1.82 bits per heavy atom. The number of nitrogens with one attached hydrogen (secondary N) is 1. The lowest BCUT2D eigenvalue weighted by Crippen LogP contribution is -2.27. The van der Waals surface area contributed by atoms with Crippen LogP contribution in [0.2, 0.25) is 0 Å². The van der Waals surface area contributed by atoms with Crippen molar-refractivity contribution in [2.75, 3.05) is 16.0 Å². The number of anilines is 2. The molecule has 1 fully saturated rings. The number of carbonyl (C=O) groups excluding carboxylic acids is 2. The van der Waals surface area contributed by atoms with Gasteiger partial charge in [0.1, 0.15) is 5.37 Å². The summed E-state index contributed by atoms with van der Waals surface area (Å²) in [5.74, 6) is 1.12. The number of benzene rings is 2. The topological polar surface area (TPSA) is 49.4 Å². The van der Waals surface area contributed by atoms with Crippen molar-refractivity contribution in [2.24, 2.45) is 0 Å². The third-order valence-corrected chi connectivity index (χ3v) is 6.16. The van der Waals surface area contributed by atoms with Crippen LogP contribution in [0, 0.1) is 0 Å². The number of hydrogen-bond acceptors (Lipinski definition) is 3. The zero-order chi connectivity index (χ0) is 20.1. The van der Waals surface area contributed by atoms with Gasteiger partial charge < -0.3 is 5.32 Å². The van der Waals surface area contributed by atoms with Crippen LogP contribution in [0.4, 0.5) is 11.4 Å². The van der Waals surface area contributed by atoms with Crippen molar-refractivity contribution < 1.29 is 9.59 Å². The van der Waals surface area contributed by atoms with E-state index in [-0.39, 0.29) is 17.2 Å². The number of hydrogen-bond donors (Lipinski definition) is 1. The Bertz CT molecular complexity index is 816. The van der Waals surface area contributed by atoms with Crippen LogP contribution in [0.5, 0.6) is 0 Å². The Kier molecular flexibility index (Phi) is 6.79. The maximum atomic E-state index is 12.5. The van der Waals surface area contributed by atoms with Gasteiger partial charge >= 0.3 is 0 Å². The Hall–Kier alpha value is -2.27. The van der Waals surface area contributed by atoms with E-state index in [0.717, 1.165) is 29.8 Å². The van der Waals surface area contributed by atoms with Crippen molar-refractivity contribution >= 4 is 35.0 Å². The molecule has 148 valence electrons. The number of nitrogens with zero attached hydrogens (tertiary/aromatic N) is 1. The van der Waals surface area contributed by atoms with Gasteiger partial charge in [-0.1, -0.05) is 51.5 Å². The highest BCUT2D eigenvalue weighted by Gasteiger charge is 2.34. The molecule has 0 spiro atoms. The predicted octanol–water partition coefficient (Wildman–Crippen LogP) is 5.72. The molecule has 4 nitrogen and oxygen atoms in total. The molecule has 5 heteroatoms. The normalized spacial score (nSPS) is 16.6. The van der Waals surface area contributed by atoms with Gasteiger partial charge in [0, 0.05) is 17.8 Å². The number of amides is 2. The fourth-order valence-corrected chi connectivity index (χ4v) is 4.44. The first-order chi connectivity index (χ1) is 13.5. The van der Waals surface area contributed by atoms with Crippen LogP contribution in [0.1, 0.15) is 62.5 Å². The summed E-state index contributed by atoms with van der Waals surface area (Å²) in [7, 11) is 0. The van der Waals surface area contributed by atoms with Gasteiger partial charge in [-0.25, -0.2) is 0 Å². The van der Waals surface area contributed by atoms with Gasteiger partial charge in [0.25, 0.3) is 0 Å². The summed E-state index contributed by atoms with van der Waals surface area (Å²) in [5, 5.41) is 2.90. The van der Waals surface area contributed by atoms with Crippen LogP contribution >= 0.6 is 11.8 Å². The van der Waals surface area contributed by atoms with E-state index >= 15 is 0 Å². The molecule has 2 aromatic rings. The zero-order valence-electron chi connectivity index (χ0n) is 16.8. The fourth-order valence-electron chi connectivity index (χ4n) is 3.26. The SMILES string of the molecule is CCCCC(=O)Nc1ccc(C2SCC(=O)N2c2ccc(C(C)C)cc2)cc1. The van der Waals surface area contributed by atoms with Crippen LogP contribution in [0.25, 0.3) is 0 Å². The summed E-state index contributed by atoms with van der Waals surface area (Å²) in [6, 6.07) is 16.1. The summed E-state index contributed by atoms with van der Waals surface area (Å²) >= 11 is 1.64. The summed E-state index contributed by atoms with van der Waals surface area (Å²) in [4.78, 5) is 26.3. The molecular formula is C23H28N2O2S. The second kappa shape index (κ2) is 9.28. The van der Waals surface area contributed by atoms with Crippen LogP contribution in [0.15, 0.2) is 48.5 Å². The molecule has 2 amide bonds. The Morgan fingerprint density at radius 3 is 2.43 bits per heavy atom. The first-order valence-electron chi connectivity index (χ1n) is 9.93. The summed E-state index contributed by atoms with van der Waals surface area (Å²) in [5.41, 5.74) is 4.06. The highest BCUT2D eigenvalue weighted by molar-refractivity contribution is 8.00. The van der Waals surface area contributed by atoms with Crippen LogP contribution in [-0.2, 0) is 9.59 Å². The Morgan fingerprint density at radius 1 is 1.14 bits per heavy atom. The van der Waals surface area contributed by atoms with E-state index in [0.29, 0.717) is 18.1 Å². The molecule has 0 saturated carbocycles. The molecule has 28 heavy (non-hydrogen) atoms. The lowest BCUT2D eigenvalue weighted by atomic mass is 10.0. The van der Waals surface area contributed by atoms with Crippen molar-refractivity contribution in [1.82, 2.24) is 0 Å².